The SMILES string of the molecule is Cc1cc2ncn(-c3nc4ccc(N)cc4s3)c2cc1C. The van der Waals surface area contributed by atoms with Crippen molar-refractivity contribution in [3.63, 3.8) is 0 Å². The summed E-state index contributed by atoms with van der Waals surface area (Å²) in [6.07, 6.45) is 1.84. The quantitative estimate of drug-likeness (QED) is 0.543. The van der Waals surface area contributed by atoms with E-state index < -0.39 is 0 Å². The zero-order chi connectivity index (χ0) is 14.6. The van der Waals surface area contributed by atoms with Gasteiger partial charge in [0.25, 0.3) is 0 Å². The molecule has 2 heterocycles. The van der Waals surface area contributed by atoms with E-state index in [9.17, 15) is 0 Å². The number of hydrogen-bond donors (Lipinski definition) is 1. The molecule has 0 fully saturated rings. The number of aryl methyl sites for hydroxylation is 2. The Morgan fingerprint density at radius 1 is 1.05 bits per heavy atom. The van der Waals surface area contributed by atoms with Gasteiger partial charge in [0.15, 0.2) is 5.13 Å². The molecule has 0 unspecified atom stereocenters. The van der Waals surface area contributed by atoms with Gasteiger partial charge in [0, 0.05) is 5.69 Å². The number of anilines is 1. The first-order valence-corrected chi connectivity index (χ1v) is 7.54. The maximum absolute atomic E-state index is 5.84. The molecule has 2 N–H and O–H groups in total. The van der Waals surface area contributed by atoms with Crippen molar-refractivity contribution in [2.24, 2.45) is 0 Å². The van der Waals surface area contributed by atoms with Crippen LogP contribution in [0.15, 0.2) is 36.7 Å². The molecule has 0 radical (unpaired) electrons. The minimum absolute atomic E-state index is 0.764. The second-order valence-electron chi connectivity index (χ2n) is 5.26. The van der Waals surface area contributed by atoms with Crippen LogP contribution in [0.25, 0.3) is 26.4 Å². The molecular weight excluding hydrogens is 280 g/mol. The summed E-state index contributed by atoms with van der Waals surface area (Å²) in [5.41, 5.74) is 12.2. The normalized spacial score (nSPS) is 11.5. The topological polar surface area (TPSA) is 56.7 Å². The van der Waals surface area contributed by atoms with Gasteiger partial charge in [-0.25, -0.2) is 9.97 Å². The number of imidazole rings is 1. The van der Waals surface area contributed by atoms with Crippen LogP contribution < -0.4 is 5.73 Å². The summed E-state index contributed by atoms with van der Waals surface area (Å²) in [4.78, 5) is 9.17. The van der Waals surface area contributed by atoms with Crippen LogP contribution >= 0.6 is 11.3 Å². The average molecular weight is 294 g/mol. The molecule has 2 aromatic heterocycles. The summed E-state index contributed by atoms with van der Waals surface area (Å²) in [7, 11) is 0. The predicted octanol–water partition coefficient (Wildman–Crippen LogP) is 3.83. The van der Waals surface area contributed by atoms with E-state index in [2.05, 4.69) is 35.9 Å². The molecule has 0 saturated carbocycles. The number of aromatic nitrogens is 3. The van der Waals surface area contributed by atoms with Crippen molar-refractivity contribution in [3.05, 3.63) is 47.8 Å². The van der Waals surface area contributed by atoms with Gasteiger partial charge in [-0.3, -0.25) is 4.57 Å². The lowest BCUT2D eigenvalue weighted by atomic mass is 10.1. The number of thiazole rings is 1. The number of nitrogen functional groups attached to an aromatic ring is 1. The first-order chi connectivity index (χ1) is 10.1. The molecule has 4 aromatic rings. The highest BCUT2D eigenvalue weighted by Crippen LogP contribution is 2.29. The smallest absolute Gasteiger partial charge is 0.196 e. The van der Waals surface area contributed by atoms with E-state index in [1.54, 1.807) is 11.3 Å². The minimum atomic E-state index is 0.764. The Hall–Kier alpha value is -2.40. The van der Waals surface area contributed by atoms with Crippen LogP contribution in [-0.4, -0.2) is 14.5 Å². The number of nitrogens with zero attached hydrogens (tertiary/aromatic N) is 3. The van der Waals surface area contributed by atoms with Gasteiger partial charge in [0.2, 0.25) is 0 Å². The summed E-state index contributed by atoms with van der Waals surface area (Å²) >= 11 is 1.63. The van der Waals surface area contributed by atoms with Gasteiger partial charge >= 0.3 is 0 Å². The van der Waals surface area contributed by atoms with Gasteiger partial charge in [-0.05, 0) is 55.3 Å². The largest absolute Gasteiger partial charge is 0.399 e. The molecule has 2 aromatic carbocycles. The van der Waals surface area contributed by atoms with Gasteiger partial charge in [-0.2, -0.15) is 0 Å². The Bertz CT molecular complexity index is 981. The first-order valence-electron chi connectivity index (χ1n) is 6.72. The molecule has 21 heavy (non-hydrogen) atoms. The van der Waals surface area contributed by atoms with E-state index in [-0.39, 0.29) is 0 Å². The molecule has 104 valence electrons. The maximum Gasteiger partial charge on any atom is 0.196 e. The van der Waals surface area contributed by atoms with E-state index in [1.165, 1.54) is 11.1 Å². The third kappa shape index (κ3) is 1.89. The van der Waals surface area contributed by atoms with Gasteiger partial charge in [-0.1, -0.05) is 11.3 Å². The minimum Gasteiger partial charge on any atom is -0.399 e. The van der Waals surface area contributed by atoms with Crippen molar-refractivity contribution in [2.75, 3.05) is 5.73 Å². The number of rotatable bonds is 1. The van der Waals surface area contributed by atoms with Crippen LogP contribution in [0.5, 0.6) is 0 Å². The van der Waals surface area contributed by atoms with Crippen LogP contribution in [0.1, 0.15) is 11.1 Å². The van der Waals surface area contributed by atoms with E-state index in [0.717, 1.165) is 32.1 Å². The molecule has 0 aliphatic heterocycles. The van der Waals surface area contributed by atoms with Crippen LogP contribution in [0, 0.1) is 13.8 Å². The number of fused-ring (bicyclic) bond motifs is 2. The molecule has 4 rings (SSSR count). The van der Waals surface area contributed by atoms with Crippen molar-refractivity contribution in [1.82, 2.24) is 14.5 Å². The maximum atomic E-state index is 5.84. The Balaban J connectivity index is 1.97. The third-order valence-corrected chi connectivity index (χ3v) is 4.79. The highest BCUT2D eigenvalue weighted by atomic mass is 32.1. The van der Waals surface area contributed by atoms with Crippen molar-refractivity contribution >= 4 is 38.3 Å². The molecule has 0 saturated heterocycles. The fourth-order valence-corrected chi connectivity index (χ4v) is 3.45. The number of benzene rings is 2. The molecule has 0 bridgehead atoms. The lowest BCUT2D eigenvalue weighted by Crippen LogP contribution is -1.91. The zero-order valence-electron chi connectivity index (χ0n) is 11.8. The molecule has 5 heteroatoms. The Labute approximate surface area is 125 Å². The molecule has 0 aliphatic carbocycles. The average Bonchev–Trinajstić information content (AvgIpc) is 3.02. The molecule has 0 amide bonds. The fraction of sp³-hybridized carbons (Fsp3) is 0.125. The van der Waals surface area contributed by atoms with Crippen molar-refractivity contribution in [1.29, 1.82) is 0 Å². The Morgan fingerprint density at radius 2 is 1.86 bits per heavy atom. The van der Waals surface area contributed by atoms with Gasteiger partial charge in [-0.15, -0.1) is 0 Å². The van der Waals surface area contributed by atoms with Gasteiger partial charge in [0.05, 0.1) is 21.3 Å². The summed E-state index contributed by atoms with van der Waals surface area (Å²) in [5.74, 6) is 0. The predicted molar refractivity (Wildman–Crippen MR) is 88.1 cm³/mol. The highest BCUT2D eigenvalue weighted by molar-refractivity contribution is 7.20. The van der Waals surface area contributed by atoms with Crippen LogP contribution in [0.2, 0.25) is 0 Å². The van der Waals surface area contributed by atoms with Crippen molar-refractivity contribution in [3.8, 4) is 5.13 Å². The van der Waals surface area contributed by atoms with Gasteiger partial charge < -0.3 is 5.73 Å². The molecule has 4 nitrogen and oxygen atoms in total. The van der Waals surface area contributed by atoms with Crippen LogP contribution in [0.3, 0.4) is 0 Å². The second-order valence-corrected chi connectivity index (χ2v) is 6.27. The van der Waals surface area contributed by atoms with E-state index in [4.69, 9.17) is 5.73 Å². The summed E-state index contributed by atoms with van der Waals surface area (Å²) in [6.45, 7) is 4.22. The van der Waals surface area contributed by atoms with Crippen LogP contribution in [0.4, 0.5) is 5.69 Å². The standard InChI is InChI=1S/C16H14N4S/c1-9-5-13-14(6-10(9)2)20(8-18-13)16-19-12-4-3-11(17)7-15(12)21-16/h3-8H,17H2,1-2H3. The van der Waals surface area contributed by atoms with E-state index >= 15 is 0 Å². The molecular formula is C16H14N4S. The van der Waals surface area contributed by atoms with E-state index in [0.29, 0.717) is 0 Å². The zero-order valence-corrected chi connectivity index (χ0v) is 12.6. The lowest BCUT2D eigenvalue weighted by Gasteiger charge is -2.02. The van der Waals surface area contributed by atoms with Crippen LogP contribution in [-0.2, 0) is 0 Å². The molecule has 0 atom stereocenters. The molecule has 0 spiro atoms. The van der Waals surface area contributed by atoms with Gasteiger partial charge in [0.1, 0.15) is 6.33 Å². The monoisotopic (exact) mass is 294 g/mol. The van der Waals surface area contributed by atoms with E-state index in [1.807, 2.05) is 29.1 Å². The highest BCUT2D eigenvalue weighted by Gasteiger charge is 2.11. The fourth-order valence-electron chi connectivity index (χ4n) is 2.45. The van der Waals surface area contributed by atoms with Crippen molar-refractivity contribution < 1.29 is 0 Å². The first kappa shape index (κ1) is 12.3. The summed E-state index contributed by atoms with van der Waals surface area (Å²) < 4.78 is 3.14. The number of hydrogen-bond acceptors (Lipinski definition) is 4. The van der Waals surface area contributed by atoms with Crippen molar-refractivity contribution in [2.45, 2.75) is 13.8 Å². The lowest BCUT2D eigenvalue weighted by molar-refractivity contribution is 1.07. The Morgan fingerprint density at radius 3 is 2.71 bits per heavy atom. The summed E-state index contributed by atoms with van der Waals surface area (Å²) in [6, 6.07) is 10.1. The number of nitrogens with two attached hydrogens (primary N) is 1. The second kappa shape index (κ2) is 4.30. The Kier molecular flexibility index (Phi) is 2.53. The summed E-state index contributed by atoms with van der Waals surface area (Å²) in [5, 5.41) is 0.918. The molecule has 0 aliphatic rings. The third-order valence-electron chi connectivity index (χ3n) is 3.77.